The van der Waals surface area contributed by atoms with Crippen LogP contribution in [-0.2, 0) is 4.74 Å². The summed E-state index contributed by atoms with van der Waals surface area (Å²) < 4.78 is 12.0. The SMILES string of the molecule is Cc1cccnc1N[C@H]1CC[C@@H](Oc2cc(N3CCOCC3)cc3nccnc23)CC1. The number of benzene rings is 1. The Morgan fingerprint density at radius 1 is 1.00 bits per heavy atom. The van der Waals surface area contributed by atoms with Gasteiger partial charge in [-0.1, -0.05) is 6.07 Å². The predicted octanol–water partition coefficient (Wildman–Crippen LogP) is 3.97. The standard InChI is InChI=1S/C24H29N5O2/c1-17-3-2-8-27-24(17)28-18-4-6-20(7-5-18)31-22-16-19(29-11-13-30-14-12-29)15-21-23(22)26-10-9-25-21/h2-3,8-10,15-16,18,20H,4-7,11-14H2,1H3,(H,27,28)/t18-,20+. The van der Waals surface area contributed by atoms with E-state index in [1.54, 1.807) is 12.4 Å². The summed E-state index contributed by atoms with van der Waals surface area (Å²) in [5, 5.41) is 3.61. The Hall–Kier alpha value is -2.93. The molecular formula is C24H29N5O2. The third kappa shape index (κ3) is 4.56. The van der Waals surface area contributed by atoms with E-state index in [1.807, 2.05) is 12.3 Å². The van der Waals surface area contributed by atoms with Crippen LogP contribution in [0, 0.1) is 6.92 Å². The van der Waals surface area contributed by atoms with Crippen molar-refractivity contribution in [2.45, 2.75) is 44.8 Å². The zero-order chi connectivity index (χ0) is 21.0. The number of pyridine rings is 1. The van der Waals surface area contributed by atoms with Crippen LogP contribution in [0.5, 0.6) is 5.75 Å². The van der Waals surface area contributed by atoms with Crippen LogP contribution in [0.3, 0.4) is 0 Å². The van der Waals surface area contributed by atoms with Crippen LogP contribution in [0.15, 0.2) is 42.9 Å². The van der Waals surface area contributed by atoms with E-state index in [1.165, 1.54) is 5.56 Å². The van der Waals surface area contributed by atoms with Crippen LogP contribution in [0.4, 0.5) is 11.5 Å². The molecular weight excluding hydrogens is 390 g/mol. The minimum Gasteiger partial charge on any atom is -0.488 e. The second-order valence-electron chi connectivity index (χ2n) is 8.37. The average Bonchev–Trinajstić information content (AvgIpc) is 2.82. The fourth-order valence-corrected chi connectivity index (χ4v) is 4.46. The largest absolute Gasteiger partial charge is 0.488 e. The Balaban J connectivity index is 1.28. The molecule has 0 unspecified atom stereocenters. The third-order valence-corrected chi connectivity index (χ3v) is 6.22. The summed E-state index contributed by atoms with van der Waals surface area (Å²) in [5.41, 5.74) is 4.03. The van der Waals surface area contributed by atoms with E-state index in [0.29, 0.717) is 6.04 Å². The number of nitrogens with zero attached hydrogens (tertiary/aromatic N) is 4. The highest BCUT2D eigenvalue weighted by Gasteiger charge is 2.24. The maximum absolute atomic E-state index is 6.52. The lowest BCUT2D eigenvalue weighted by Gasteiger charge is -2.31. The first-order valence-corrected chi connectivity index (χ1v) is 11.2. The van der Waals surface area contributed by atoms with E-state index in [-0.39, 0.29) is 6.10 Å². The molecule has 5 rings (SSSR count). The summed E-state index contributed by atoms with van der Waals surface area (Å²) in [5.74, 6) is 1.83. The Kier molecular flexibility index (Phi) is 5.84. The molecule has 1 aliphatic heterocycles. The minimum absolute atomic E-state index is 0.188. The van der Waals surface area contributed by atoms with Gasteiger partial charge in [0.1, 0.15) is 17.1 Å². The van der Waals surface area contributed by atoms with Crippen molar-refractivity contribution in [1.29, 1.82) is 0 Å². The average molecular weight is 420 g/mol. The lowest BCUT2D eigenvalue weighted by atomic mass is 9.92. The van der Waals surface area contributed by atoms with E-state index >= 15 is 0 Å². The van der Waals surface area contributed by atoms with Crippen LogP contribution < -0.4 is 15.0 Å². The van der Waals surface area contributed by atoms with Gasteiger partial charge in [-0.15, -0.1) is 0 Å². The van der Waals surface area contributed by atoms with Crippen molar-refractivity contribution in [3.8, 4) is 5.75 Å². The van der Waals surface area contributed by atoms with Gasteiger partial charge in [-0.2, -0.15) is 0 Å². The van der Waals surface area contributed by atoms with E-state index < -0.39 is 0 Å². The van der Waals surface area contributed by atoms with Crippen molar-refractivity contribution in [2.75, 3.05) is 36.5 Å². The summed E-state index contributed by atoms with van der Waals surface area (Å²) >= 11 is 0. The maximum Gasteiger partial charge on any atom is 0.149 e. The van der Waals surface area contributed by atoms with Crippen molar-refractivity contribution < 1.29 is 9.47 Å². The first-order chi connectivity index (χ1) is 15.3. The molecule has 1 aromatic carbocycles. The molecule has 7 heteroatoms. The molecule has 0 radical (unpaired) electrons. The third-order valence-electron chi connectivity index (χ3n) is 6.22. The first kappa shape index (κ1) is 20.0. The normalized spacial score (nSPS) is 21.8. The van der Waals surface area contributed by atoms with Gasteiger partial charge in [0.05, 0.1) is 24.8 Å². The highest BCUT2D eigenvalue weighted by Crippen LogP contribution is 2.33. The molecule has 7 nitrogen and oxygen atoms in total. The van der Waals surface area contributed by atoms with Crippen LogP contribution >= 0.6 is 0 Å². The molecule has 31 heavy (non-hydrogen) atoms. The van der Waals surface area contributed by atoms with Crippen molar-refractivity contribution >= 4 is 22.5 Å². The summed E-state index contributed by atoms with van der Waals surface area (Å²) in [7, 11) is 0. The number of rotatable bonds is 5. The van der Waals surface area contributed by atoms with Crippen LogP contribution in [0.2, 0.25) is 0 Å². The van der Waals surface area contributed by atoms with Gasteiger partial charge in [0.25, 0.3) is 0 Å². The molecule has 0 spiro atoms. The van der Waals surface area contributed by atoms with Crippen LogP contribution in [0.25, 0.3) is 11.0 Å². The van der Waals surface area contributed by atoms with Gasteiger partial charge in [0.2, 0.25) is 0 Å². The second-order valence-corrected chi connectivity index (χ2v) is 8.37. The molecule has 0 bridgehead atoms. The predicted molar refractivity (Wildman–Crippen MR) is 122 cm³/mol. The van der Waals surface area contributed by atoms with Gasteiger partial charge in [-0.3, -0.25) is 4.98 Å². The van der Waals surface area contributed by atoms with Gasteiger partial charge in [-0.25, -0.2) is 9.97 Å². The van der Waals surface area contributed by atoms with Crippen molar-refractivity contribution in [3.05, 3.63) is 48.4 Å². The Morgan fingerprint density at radius 2 is 1.81 bits per heavy atom. The molecule has 3 aromatic rings. The van der Waals surface area contributed by atoms with E-state index in [9.17, 15) is 0 Å². The van der Waals surface area contributed by atoms with Gasteiger partial charge in [0, 0.05) is 49.5 Å². The fourth-order valence-electron chi connectivity index (χ4n) is 4.46. The number of fused-ring (bicyclic) bond motifs is 1. The molecule has 162 valence electrons. The van der Waals surface area contributed by atoms with Crippen LogP contribution in [0.1, 0.15) is 31.2 Å². The number of hydrogen-bond acceptors (Lipinski definition) is 7. The molecule has 2 fully saturated rings. The van der Waals surface area contributed by atoms with Gasteiger partial charge in [-0.05, 0) is 50.3 Å². The molecule has 3 heterocycles. The highest BCUT2D eigenvalue weighted by atomic mass is 16.5. The number of anilines is 2. The number of nitrogens with one attached hydrogen (secondary N) is 1. The zero-order valence-electron chi connectivity index (χ0n) is 18.0. The Bertz CT molecular complexity index is 1030. The summed E-state index contributed by atoms with van der Waals surface area (Å²) in [6, 6.07) is 8.74. The second kappa shape index (κ2) is 9.06. The number of ether oxygens (including phenoxy) is 2. The Labute approximate surface area is 182 Å². The summed E-state index contributed by atoms with van der Waals surface area (Å²) in [4.78, 5) is 15.9. The van der Waals surface area contributed by atoms with Crippen molar-refractivity contribution in [1.82, 2.24) is 15.0 Å². The Morgan fingerprint density at radius 3 is 2.61 bits per heavy atom. The minimum atomic E-state index is 0.188. The lowest BCUT2D eigenvalue weighted by molar-refractivity contribution is 0.122. The van der Waals surface area contributed by atoms with E-state index in [0.717, 1.165) is 80.3 Å². The number of morpholine rings is 1. The first-order valence-electron chi connectivity index (χ1n) is 11.2. The zero-order valence-corrected chi connectivity index (χ0v) is 18.0. The van der Waals surface area contributed by atoms with Crippen molar-refractivity contribution in [3.63, 3.8) is 0 Å². The van der Waals surface area contributed by atoms with Crippen LogP contribution in [-0.4, -0.2) is 53.4 Å². The molecule has 1 saturated carbocycles. The van der Waals surface area contributed by atoms with E-state index in [2.05, 4.69) is 50.3 Å². The highest BCUT2D eigenvalue weighted by molar-refractivity contribution is 5.85. The molecule has 0 atom stereocenters. The monoisotopic (exact) mass is 419 g/mol. The summed E-state index contributed by atoms with van der Waals surface area (Å²) in [6.45, 7) is 5.37. The number of hydrogen-bond donors (Lipinski definition) is 1. The van der Waals surface area contributed by atoms with Gasteiger partial charge >= 0.3 is 0 Å². The van der Waals surface area contributed by atoms with Gasteiger partial charge in [0.15, 0.2) is 0 Å². The molecule has 1 saturated heterocycles. The van der Waals surface area contributed by atoms with E-state index in [4.69, 9.17) is 9.47 Å². The molecule has 2 aromatic heterocycles. The topological polar surface area (TPSA) is 72.4 Å². The fraction of sp³-hybridized carbons (Fsp3) is 0.458. The number of aryl methyl sites for hydroxylation is 1. The smallest absolute Gasteiger partial charge is 0.149 e. The molecule has 1 N–H and O–H groups in total. The van der Waals surface area contributed by atoms with Crippen molar-refractivity contribution in [2.24, 2.45) is 0 Å². The van der Waals surface area contributed by atoms with Gasteiger partial charge < -0.3 is 19.7 Å². The molecule has 1 aliphatic carbocycles. The quantitative estimate of drug-likeness (QED) is 0.671. The molecule has 0 amide bonds. The molecule has 2 aliphatic rings. The number of aromatic nitrogens is 3. The maximum atomic E-state index is 6.52. The lowest BCUT2D eigenvalue weighted by Crippen LogP contribution is -2.36. The summed E-state index contributed by atoms with van der Waals surface area (Å²) in [6.07, 6.45) is 9.65.